The first-order chi connectivity index (χ1) is 15.4. The molecule has 0 N–H and O–H groups in total. The molecule has 0 aromatic carbocycles. The highest BCUT2D eigenvalue weighted by Crippen LogP contribution is 2.22. The van der Waals surface area contributed by atoms with Crippen LogP contribution in [0.4, 0.5) is 5.82 Å². The van der Waals surface area contributed by atoms with E-state index in [4.69, 9.17) is 4.74 Å². The number of pyridine rings is 2. The summed E-state index contributed by atoms with van der Waals surface area (Å²) >= 11 is 0. The summed E-state index contributed by atoms with van der Waals surface area (Å²) in [5.74, 6) is 1.04. The number of imidazole rings is 1. The average Bonchev–Trinajstić information content (AvgIpc) is 3.18. The maximum atomic E-state index is 13.0. The van der Waals surface area contributed by atoms with Gasteiger partial charge in [-0.15, -0.1) is 0 Å². The Labute approximate surface area is 189 Å². The number of piperazine rings is 1. The summed E-state index contributed by atoms with van der Waals surface area (Å²) < 4.78 is 8.85. The van der Waals surface area contributed by atoms with E-state index in [1.54, 1.807) is 28.6 Å². The van der Waals surface area contributed by atoms with Gasteiger partial charge >= 0.3 is 5.69 Å². The van der Waals surface area contributed by atoms with Crippen LogP contribution in [-0.2, 0) is 23.3 Å². The molecular formula is C24H32N6O2. The Hall–Kier alpha value is -2.97. The molecule has 0 aliphatic carbocycles. The lowest BCUT2D eigenvalue weighted by Gasteiger charge is -2.34. The lowest BCUT2D eigenvalue weighted by atomic mass is 10.0. The van der Waals surface area contributed by atoms with Gasteiger partial charge in [0.15, 0.2) is 0 Å². The van der Waals surface area contributed by atoms with Crippen molar-refractivity contribution in [3.63, 3.8) is 0 Å². The Morgan fingerprint density at radius 2 is 1.84 bits per heavy atom. The van der Waals surface area contributed by atoms with Crippen LogP contribution < -0.4 is 10.6 Å². The minimum atomic E-state index is -0.472. The largest absolute Gasteiger partial charge is 0.373 e. The Balaban J connectivity index is 1.48. The van der Waals surface area contributed by atoms with E-state index in [0.717, 1.165) is 49.8 Å². The minimum absolute atomic E-state index is 0.0735. The fourth-order valence-electron chi connectivity index (χ4n) is 3.94. The first-order valence-corrected chi connectivity index (χ1v) is 11.1. The molecular weight excluding hydrogens is 404 g/mol. The topological polar surface area (TPSA) is 68.4 Å². The van der Waals surface area contributed by atoms with Gasteiger partial charge in [0, 0.05) is 58.4 Å². The molecule has 0 saturated carbocycles. The SMILES string of the molecule is COC(C)(C)c1ccc(-n2ccn(CCc3cccnc3N3CCN(C)CC3)c2=O)cn1. The Morgan fingerprint density at radius 1 is 1.06 bits per heavy atom. The van der Waals surface area contributed by atoms with Crippen LogP contribution in [0.3, 0.4) is 0 Å². The molecule has 1 aliphatic heterocycles. The van der Waals surface area contributed by atoms with Gasteiger partial charge in [-0.2, -0.15) is 0 Å². The summed E-state index contributed by atoms with van der Waals surface area (Å²) in [6, 6.07) is 7.89. The first kappa shape index (κ1) is 22.2. The summed E-state index contributed by atoms with van der Waals surface area (Å²) in [5, 5.41) is 0. The molecule has 170 valence electrons. The molecule has 0 radical (unpaired) electrons. The molecule has 8 nitrogen and oxygen atoms in total. The predicted molar refractivity (Wildman–Crippen MR) is 126 cm³/mol. The summed E-state index contributed by atoms with van der Waals surface area (Å²) in [6.45, 7) is 8.54. The van der Waals surface area contributed by atoms with E-state index in [9.17, 15) is 4.79 Å². The highest BCUT2D eigenvalue weighted by molar-refractivity contribution is 5.47. The molecule has 0 bridgehead atoms. The average molecular weight is 437 g/mol. The highest BCUT2D eigenvalue weighted by atomic mass is 16.5. The molecule has 0 atom stereocenters. The molecule has 0 unspecified atom stereocenters. The van der Waals surface area contributed by atoms with Crippen LogP contribution in [0.15, 0.2) is 53.8 Å². The Bertz CT molecular complexity index is 1090. The van der Waals surface area contributed by atoms with Crippen molar-refractivity contribution in [2.24, 2.45) is 0 Å². The number of likely N-dealkylation sites (N-methyl/N-ethyl adjacent to an activating group) is 1. The van der Waals surface area contributed by atoms with Gasteiger partial charge in [0.05, 0.1) is 17.6 Å². The lowest BCUT2D eigenvalue weighted by Crippen LogP contribution is -2.45. The molecule has 4 heterocycles. The summed E-state index contributed by atoms with van der Waals surface area (Å²) in [4.78, 5) is 26.8. The standard InChI is InChI=1S/C24H32N6O2/c1-24(2,32-4)21-8-7-20(18-26-21)30-17-16-29(23(30)31)11-9-19-6-5-10-25-22(19)28-14-12-27(3)13-15-28/h5-8,10,16-18H,9,11-15H2,1-4H3. The van der Waals surface area contributed by atoms with Crippen LogP contribution >= 0.6 is 0 Å². The zero-order chi connectivity index (χ0) is 22.7. The molecule has 8 heteroatoms. The van der Waals surface area contributed by atoms with E-state index in [1.165, 1.54) is 5.56 Å². The van der Waals surface area contributed by atoms with Crippen molar-refractivity contribution in [2.75, 3.05) is 45.2 Å². The maximum absolute atomic E-state index is 13.0. The number of rotatable bonds is 7. The molecule has 1 aliphatic rings. The van der Waals surface area contributed by atoms with E-state index < -0.39 is 5.60 Å². The van der Waals surface area contributed by atoms with Gasteiger partial charge in [0.2, 0.25) is 0 Å². The second kappa shape index (κ2) is 9.26. The van der Waals surface area contributed by atoms with E-state index in [-0.39, 0.29) is 5.69 Å². The predicted octanol–water partition coefficient (Wildman–Crippen LogP) is 2.30. The van der Waals surface area contributed by atoms with Crippen molar-refractivity contribution >= 4 is 5.82 Å². The van der Waals surface area contributed by atoms with Gasteiger partial charge in [-0.1, -0.05) is 6.07 Å². The first-order valence-electron chi connectivity index (χ1n) is 11.1. The van der Waals surface area contributed by atoms with Crippen molar-refractivity contribution in [3.05, 3.63) is 70.8 Å². The normalized spacial score (nSPS) is 15.3. The molecule has 0 amide bonds. The molecule has 1 saturated heterocycles. The minimum Gasteiger partial charge on any atom is -0.373 e. The molecule has 0 spiro atoms. The van der Waals surface area contributed by atoms with Gasteiger partial charge in [-0.25, -0.2) is 9.78 Å². The molecule has 32 heavy (non-hydrogen) atoms. The molecule has 1 fully saturated rings. The van der Waals surface area contributed by atoms with Gasteiger partial charge in [0.25, 0.3) is 0 Å². The number of methoxy groups -OCH3 is 1. The van der Waals surface area contributed by atoms with E-state index in [0.29, 0.717) is 6.54 Å². The number of nitrogens with zero attached hydrogens (tertiary/aromatic N) is 6. The number of anilines is 1. The van der Waals surface area contributed by atoms with Crippen LogP contribution in [0.25, 0.3) is 5.69 Å². The quantitative estimate of drug-likeness (QED) is 0.566. The number of hydrogen-bond acceptors (Lipinski definition) is 6. The van der Waals surface area contributed by atoms with Gasteiger partial charge < -0.3 is 14.5 Å². The molecule has 4 rings (SSSR count). The number of hydrogen-bond donors (Lipinski definition) is 0. The van der Waals surface area contributed by atoms with Crippen molar-refractivity contribution in [1.82, 2.24) is 24.0 Å². The molecule has 3 aromatic heterocycles. The highest BCUT2D eigenvalue weighted by Gasteiger charge is 2.21. The fraction of sp³-hybridized carbons (Fsp3) is 0.458. The van der Waals surface area contributed by atoms with Gasteiger partial charge in [-0.05, 0) is 51.1 Å². The van der Waals surface area contributed by atoms with Crippen molar-refractivity contribution in [3.8, 4) is 5.69 Å². The van der Waals surface area contributed by atoms with E-state index in [1.807, 2.05) is 44.4 Å². The fourth-order valence-corrected chi connectivity index (χ4v) is 3.94. The van der Waals surface area contributed by atoms with Crippen LogP contribution in [0.5, 0.6) is 0 Å². The van der Waals surface area contributed by atoms with Crippen LogP contribution in [0.2, 0.25) is 0 Å². The summed E-state index contributed by atoms with van der Waals surface area (Å²) in [6.07, 6.45) is 7.95. The van der Waals surface area contributed by atoms with E-state index in [2.05, 4.69) is 32.9 Å². The molecule has 3 aromatic rings. The van der Waals surface area contributed by atoms with Gasteiger partial charge in [-0.3, -0.25) is 14.1 Å². The number of aromatic nitrogens is 4. The summed E-state index contributed by atoms with van der Waals surface area (Å²) in [7, 11) is 3.81. The zero-order valence-corrected chi connectivity index (χ0v) is 19.4. The third-order valence-corrected chi connectivity index (χ3v) is 6.29. The van der Waals surface area contributed by atoms with Crippen molar-refractivity contribution in [1.29, 1.82) is 0 Å². The van der Waals surface area contributed by atoms with Crippen LogP contribution in [0.1, 0.15) is 25.1 Å². The van der Waals surface area contributed by atoms with Crippen LogP contribution in [0, 0.1) is 0 Å². The summed E-state index contributed by atoms with van der Waals surface area (Å²) in [5.41, 5.74) is 2.19. The Morgan fingerprint density at radius 3 is 2.53 bits per heavy atom. The second-order valence-electron chi connectivity index (χ2n) is 8.79. The van der Waals surface area contributed by atoms with Crippen LogP contribution in [-0.4, -0.2) is 64.3 Å². The number of ether oxygens (including phenoxy) is 1. The number of aryl methyl sites for hydroxylation is 2. The van der Waals surface area contributed by atoms with Crippen molar-refractivity contribution in [2.45, 2.75) is 32.4 Å². The third-order valence-electron chi connectivity index (χ3n) is 6.29. The third kappa shape index (κ3) is 4.61. The lowest BCUT2D eigenvalue weighted by molar-refractivity contribution is 0.0155. The van der Waals surface area contributed by atoms with Gasteiger partial charge in [0.1, 0.15) is 11.4 Å². The van der Waals surface area contributed by atoms with E-state index >= 15 is 0 Å². The Kier molecular flexibility index (Phi) is 6.43. The zero-order valence-electron chi connectivity index (χ0n) is 19.4. The smallest absolute Gasteiger partial charge is 0.332 e. The maximum Gasteiger partial charge on any atom is 0.332 e. The monoisotopic (exact) mass is 436 g/mol. The second-order valence-corrected chi connectivity index (χ2v) is 8.79. The van der Waals surface area contributed by atoms with Crippen molar-refractivity contribution < 1.29 is 4.74 Å².